The zero-order chi connectivity index (χ0) is 9.19. The molecule has 0 aromatic rings. The smallest absolute Gasteiger partial charge is 0.0110 e. The third-order valence-electron chi connectivity index (χ3n) is 2.29. The molecule has 0 atom stereocenters. The lowest BCUT2D eigenvalue weighted by atomic mass is 9.96. The molecule has 1 aliphatic rings. The van der Waals surface area contributed by atoms with Crippen molar-refractivity contribution in [2.45, 2.75) is 20.8 Å². The summed E-state index contributed by atoms with van der Waals surface area (Å²) in [4.78, 5) is 4.97. The van der Waals surface area contributed by atoms with E-state index in [0.29, 0.717) is 5.41 Å². The Morgan fingerprint density at radius 1 is 1.00 bits per heavy atom. The molecule has 0 aliphatic carbocycles. The van der Waals surface area contributed by atoms with Gasteiger partial charge in [-0.05, 0) is 12.5 Å². The number of rotatable bonds is 1. The van der Waals surface area contributed by atoms with E-state index in [0.717, 1.165) is 0 Å². The third-order valence-corrected chi connectivity index (χ3v) is 2.29. The van der Waals surface area contributed by atoms with E-state index in [9.17, 15) is 0 Å². The topological polar surface area (TPSA) is 6.48 Å². The summed E-state index contributed by atoms with van der Waals surface area (Å²) in [5.41, 5.74) is 0.454. The Morgan fingerprint density at radius 3 is 1.92 bits per heavy atom. The van der Waals surface area contributed by atoms with Crippen molar-refractivity contribution >= 4 is 0 Å². The molecule has 72 valence electrons. The molecular formula is C10H22N2. The van der Waals surface area contributed by atoms with E-state index in [1.165, 1.54) is 32.7 Å². The molecule has 0 bridgehead atoms. The lowest BCUT2D eigenvalue weighted by molar-refractivity contribution is 0.117. The molecular weight excluding hydrogens is 148 g/mol. The van der Waals surface area contributed by atoms with Crippen LogP contribution < -0.4 is 0 Å². The summed E-state index contributed by atoms with van der Waals surface area (Å²) in [6.45, 7) is 13.1. The van der Waals surface area contributed by atoms with Gasteiger partial charge in [0.05, 0.1) is 0 Å². The minimum absolute atomic E-state index is 0.454. The molecule has 0 aromatic heterocycles. The lowest BCUT2D eigenvalue weighted by Gasteiger charge is -2.36. The lowest BCUT2D eigenvalue weighted by Crippen LogP contribution is -2.47. The van der Waals surface area contributed by atoms with Gasteiger partial charge in [0.2, 0.25) is 0 Å². The van der Waals surface area contributed by atoms with Gasteiger partial charge in [0, 0.05) is 32.7 Å². The summed E-state index contributed by atoms with van der Waals surface area (Å²) >= 11 is 0. The molecule has 0 amide bonds. The Labute approximate surface area is 76.5 Å². The van der Waals surface area contributed by atoms with Gasteiger partial charge in [0.25, 0.3) is 0 Å². The zero-order valence-electron chi connectivity index (χ0n) is 8.93. The summed E-state index contributed by atoms with van der Waals surface area (Å²) in [7, 11) is 2.20. The molecule has 0 saturated carbocycles. The second-order valence-electron chi connectivity index (χ2n) is 5.14. The summed E-state index contributed by atoms with van der Waals surface area (Å²) in [5, 5.41) is 0. The van der Waals surface area contributed by atoms with Crippen LogP contribution in [0.3, 0.4) is 0 Å². The van der Waals surface area contributed by atoms with Crippen LogP contribution in [0.25, 0.3) is 0 Å². The molecule has 2 nitrogen and oxygen atoms in total. The average Bonchev–Trinajstić information content (AvgIpc) is 1.91. The predicted octanol–water partition coefficient (Wildman–Crippen LogP) is 1.28. The normalized spacial score (nSPS) is 23.0. The van der Waals surface area contributed by atoms with Crippen LogP contribution in [0.4, 0.5) is 0 Å². The van der Waals surface area contributed by atoms with E-state index < -0.39 is 0 Å². The van der Waals surface area contributed by atoms with Gasteiger partial charge in [0.15, 0.2) is 0 Å². The van der Waals surface area contributed by atoms with Crippen LogP contribution in [0, 0.1) is 5.41 Å². The van der Waals surface area contributed by atoms with E-state index >= 15 is 0 Å². The molecule has 1 fully saturated rings. The Kier molecular flexibility index (Phi) is 3.13. The highest BCUT2D eigenvalue weighted by Crippen LogP contribution is 2.15. The second-order valence-corrected chi connectivity index (χ2v) is 5.14. The Morgan fingerprint density at radius 2 is 1.50 bits per heavy atom. The first kappa shape index (κ1) is 10.0. The van der Waals surface area contributed by atoms with E-state index in [1.54, 1.807) is 0 Å². The SMILES string of the molecule is CN1CCN(CC(C)(C)C)CC1. The molecule has 1 rings (SSSR count). The minimum atomic E-state index is 0.454. The largest absolute Gasteiger partial charge is 0.304 e. The van der Waals surface area contributed by atoms with Gasteiger partial charge in [-0.2, -0.15) is 0 Å². The third kappa shape index (κ3) is 3.55. The van der Waals surface area contributed by atoms with Crippen LogP contribution in [0.5, 0.6) is 0 Å². The first-order chi connectivity index (χ1) is 5.47. The molecule has 1 saturated heterocycles. The van der Waals surface area contributed by atoms with Crippen molar-refractivity contribution in [3.63, 3.8) is 0 Å². The fourth-order valence-electron chi connectivity index (χ4n) is 1.68. The molecule has 1 heterocycles. The van der Waals surface area contributed by atoms with E-state index in [4.69, 9.17) is 0 Å². The van der Waals surface area contributed by atoms with Gasteiger partial charge in [-0.15, -0.1) is 0 Å². The van der Waals surface area contributed by atoms with Crippen molar-refractivity contribution in [1.29, 1.82) is 0 Å². The van der Waals surface area contributed by atoms with Gasteiger partial charge in [-0.3, -0.25) is 0 Å². The summed E-state index contributed by atoms with van der Waals surface area (Å²) in [6.07, 6.45) is 0. The van der Waals surface area contributed by atoms with Crippen LogP contribution in [0.1, 0.15) is 20.8 Å². The number of nitrogens with zero attached hydrogens (tertiary/aromatic N) is 2. The number of piperazine rings is 1. The first-order valence-corrected chi connectivity index (χ1v) is 4.88. The Bertz CT molecular complexity index is 129. The van der Waals surface area contributed by atoms with Crippen LogP contribution >= 0.6 is 0 Å². The van der Waals surface area contributed by atoms with Crippen molar-refractivity contribution in [2.24, 2.45) is 5.41 Å². The average molecular weight is 170 g/mol. The molecule has 12 heavy (non-hydrogen) atoms. The quantitative estimate of drug-likeness (QED) is 0.585. The Hall–Kier alpha value is -0.0800. The fraction of sp³-hybridized carbons (Fsp3) is 1.00. The molecule has 0 unspecified atom stereocenters. The summed E-state index contributed by atoms with van der Waals surface area (Å²) in [6, 6.07) is 0. The van der Waals surface area contributed by atoms with Crippen molar-refractivity contribution in [3.8, 4) is 0 Å². The van der Waals surface area contributed by atoms with Gasteiger partial charge in [0.1, 0.15) is 0 Å². The van der Waals surface area contributed by atoms with Gasteiger partial charge in [-0.25, -0.2) is 0 Å². The Balaban J connectivity index is 2.26. The van der Waals surface area contributed by atoms with Gasteiger partial charge in [-0.1, -0.05) is 20.8 Å². The van der Waals surface area contributed by atoms with Crippen LogP contribution in [0.2, 0.25) is 0 Å². The number of hydrogen-bond acceptors (Lipinski definition) is 2. The first-order valence-electron chi connectivity index (χ1n) is 4.88. The number of likely N-dealkylation sites (N-methyl/N-ethyl adjacent to an activating group) is 1. The van der Waals surface area contributed by atoms with Crippen LogP contribution in [-0.2, 0) is 0 Å². The maximum atomic E-state index is 2.57. The molecule has 1 aliphatic heterocycles. The summed E-state index contributed by atoms with van der Waals surface area (Å²) < 4.78 is 0. The molecule has 2 heteroatoms. The second kappa shape index (κ2) is 3.75. The highest BCUT2D eigenvalue weighted by Gasteiger charge is 2.19. The van der Waals surface area contributed by atoms with E-state index in [1.807, 2.05) is 0 Å². The van der Waals surface area contributed by atoms with E-state index in [2.05, 4.69) is 37.6 Å². The monoisotopic (exact) mass is 170 g/mol. The number of hydrogen-bond donors (Lipinski definition) is 0. The predicted molar refractivity (Wildman–Crippen MR) is 53.4 cm³/mol. The molecule has 0 spiro atoms. The van der Waals surface area contributed by atoms with Gasteiger partial charge < -0.3 is 9.80 Å². The minimum Gasteiger partial charge on any atom is -0.304 e. The highest BCUT2D eigenvalue weighted by atomic mass is 15.2. The van der Waals surface area contributed by atoms with Gasteiger partial charge >= 0.3 is 0 Å². The van der Waals surface area contributed by atoms with Crippen molar-refractivity contribution in [1.82, 2.24) is 9.80 Å². The fourth-order valence-corrected chi connectivity index (χ4v) is 1.68. The maximum Gasteiger partial charge on any atom is 0.0110 e. The standard InChI is InChI=1S/C10H22N2/c1-10(2,3)9-12-7-5-11(4)6-8-12/h5-9H2,1-4H3. The van der Waals surface area contributed by atoms with E-state index in [-0.39, 0.29) is 0 Å². The van der Waals surface area contributed by atoms with Crippen molar-refractivity contribution in [3.05, 3.63) is 0 Å². The van der Waals surface area contributed by atoms with Crippen LogP contribution in [0.15, 0.2) is 0 Å². The molecule has 0 radical (unpaired) electrons. The molecule has 0 aromatic carbocycles. The highest BCUT2D eigenvalue weighted by molar-refractivity contribution is 4.74. The zero-order valence-corrected chi connectivity index (χ0v) is 8.93. The molecule has 0 N–H and O–H groups in total. The van der Waals surface area contributed by atoms with Crippen molar-refractivity contribution < 1.29 is 0 Å². The maximum absolute atomic E-state index is 2.57. The van der Waals surface area contributed by atoms with Crippen molar-refractivity contribution in [2.75, 3.05) is 39.8 Å². The summed E-state index contributed by atoms with van der Waals surface area (Å²) in [5.74, 6) is 0. The van der Waals surface area contributed by atoms with Crippen LogP contribution in [-0.4, -0.2) is 49.6 Å².